The van der Waals surface area contributed by atoms with Gasteiger partial charge in [-0.15, -0.1) is 0 Å². The number of para-hydroxylation sites is 3. The summed E-state index contributed by atoms with van der Waals surface area (Å²) in [4.78, 5) is 10.9. The van der Waals surface area contributed by atoms with Crippen LogP contribution >= 0.6 is 0 Å². The highest BCUT2D eigenvalue weighted by Crippen LogP contribution is 2.50. The van der Waals surface area contributed by atoms with Crippen LogP contribution in [0.3, 0.4) is 0 Å². The topological polar surface area (TPSA) is 43.9 Å². The number of fused-ring (bicyclic) bond motifs is 12. The van der Waals surface area contributed by atoms with Gasteiger partial charge in [0.25, 0.3) is 0 Å². The van der Waals surface area contributed by atoms with Crippen LogP contribution < -0.4 is 0 Å². The van der Waals surface area contributed by atoms with Crippen molar-refractivity contribution in [3.63, 3.8) is 0 Å². The van der Waals surface area contributed by atoms with Crippen molar-refractivity contribution in [2.75, 3.05) is 0 Å². The molecule has 8 aromatic carbocycles. The molecule has 4 heteroatoms. The lowest BCUT2D eigenvalue weighted by Crippen LogP contribution is -2.14. The SMILES string of the molecule is CC1(C)c2ccccc2-c2ccc(-c3cc(-c4ccccc4)nc(-c4cc5c(c6ccccc6n5-c5ccccc5)c5c4ccc4c6ccccc6oc45)n3)cc21. The molecule has 0 N–H and O–H groups in total. The van der Waals surface area contributed by atoms with Crippen molar-refractivity contribution in [1.82, 2.24) is 14.5 Å². The Balaban J connectivity index is 1.20. The highest BCUT2D eigenvalue weighted by molar-refractivity contribution is 6.31. The number of aromatic nitrogens is 3. The van der Waals surface area contributed by atoms with Crippen molar-refractivity contribution in [3.05, 3.63) is 187 Å². The Morgan fingerprint density at radius 3 is 1.96 bits per heavy atom. The molecular weight excluding hydrogens is 695 g/mol. The molecule has 11 aromatic rings. The Hall–Kier alpha value is -7.30. The number of hydrogen-bond acceptors (Lipinski definition) is 3. The largest absolute Gasteiger partial charge is 0.455 e. The van der Waals surface area contributed by atoms with Crippen LogP contribution in [0.1, 0.15) is 25.0 Å². The van der Waals surface area contributed by atoms with Crippen LogP contribution in [0.25, 0.3) is 105 Å². The summed E-state index contributed by atoms with van der Waals surface area (Å²) >= 11 is 0. The molecule has 57 heavy (non-hydrogen) atoms. The lowest BCUT2D eigenvalue weighted by molar-refractivity contribution is 0.660. The first-order valence-corrected chi connectivity index (χ1v) is 19.6. The van der Waals surface area contributed by atoms with Crippen LogP contribution in [0.15, 0.2) is 180 Å². The number of furan rings is 1. The van der Waals surface area contributed by atoms with Gasteiger partial charge in [-0.25, -0.2) is 9.97 Å². The van der Waals surface area contributed by atoms with E-state index in [1.165, 1.54) is 27.6 Å². The summed E-state index contributed by atoms with van der Waals surface area (Å²) < 4.78 is 9.23. The van der Waals surface area contributed by atoms with E-state index in [0.717, 1.165) is 82.9 Å². The summed E-state index contributed by atoms with van der Waals surface area (Å²) in [6.07, 6.45) is 0. The van der Waals surface area contributed by atoms with Gasteiger partial charge in [-0.1, -0.05) is 141 Å². The first-order chi connectivity index (χ1) is 28.0. The van der Waals surface area contributed by atoms with Crippen LogP contribution in [0.5, 0.6) is 0 Å². The van der Waals surface area contributed by atoms with E-state index < -0.39 is 0 Å². The number of nitrogens with zero attached hydrogens (tertiary/aromatic N) is 3. The Bertz CT molecular complexity index is 3430. The molecule has 0 unspecified atom stereocenters. The average molecular weight is 730 g/mol. The fourth-order valence-electron chi connectivity index (χ4n) is 9.51. The Labute approximate surface area is 329 Å². The maximum atomic E-state index is 6.85. The molecule has 0 radical (unpaired) electrons. The Kier molecular flexibility index (Phi) is 6.65. The molecule has 12 rings (SSSR count). The zero-order chi connectivity index (χ0) is 37.8. The van der Waals surface area contributed by atoms with Gasteiger partial charge in [0.2, 0.25) is 0 Å². The molecule has 1 aliphatic rings. The highest BCUT2D eigenvalue weighted by Gasteiger charge is 2.35. The van der Waals surface area contributed by atoms with E-state index in [2.05, 4.69) is 188 Å². The van der Waals surface area contributed by atoms with Crippen LogP contribution in [0.2, 0.25) is 0 Å². The van der Waals surface area contributed by atoms with E-state index in [9.17, 15) is 0 Å². The summed E-state index contributed by atoms with van der Waals surface area (Å²) in [6.45, 7) is 4.66. The smallest absolute Gasteiger partial charge is 0.161 e. The zero-order valence-electron chi connectivity index (χ0n) is 31.5. The second-order valence-electron chi connectivity index (χ2n) is 15.7. The molecule has 0 aliphatic heterocycles. The van der Waals surface area contributed by atoms with E-state index in [1.54, 1.807) is 0 Å². The quantitative estimate of drug-likeness (QED) is 0.181. The van der Waals surface area contributed by atoms with Gasteiger partial charge in [0, 0.05) is 54.7 Å². The van der Waals surface area contributed by atoms with Gasteiger partial charge in [0.05, 0.1) is 22.4 Å². The first kappa shape index (κ1) is 32.0. The number of rotatable bonds is 4. The Morgan fingerprint density at radius 1 is 0.456 bits per heavy atom. The van der Waals surface area contributed by atoms with Gasteiger partial charge < -0.3 is 8.98 Å². The van der Waals surface area contributed by atoms with Crippen LogP contribution in [-0.2, 0) is 5.41 Å². The van der Waals surface area contributed by atoms with E-state index in [0.29, 0.717) is 5.82 Å². The fourth-order valence-corrected chi connectivity index (χ4v) is 9.51. The molecule has 3 aromatic heterocycles. The van der Waals surface area contributed by atoms with E-state index in [-0.39, 0.29) is 5.41 Å². The third-order valence-corrected chi connectivity index (χ3v) is 12.2. The van der Waals surface area contributed by atoms with Crippen molar-refractivity contribution < 1.29 is 4.42 Å². The molecule has 0 spiro atoms. The summed E-state index contributed by atoms with van der Waals surface area (Å²) in [7, 11) is 0. The predicted octanol–water partition coefficient (Wildman–Crippen LogP) is 13.9. The minimum atomic E-state index is -0.135. The third kappa shape index (κ3) is 4.62. The van der Waals surface area contributed by atoms with E-state index in [4.69, 9.17) is 14.4 Å². The van der Waals surface area contributed by atoms with Gasteiger partial charge >= 0.3 is 0 Å². The molecule has 0 saturated heterocycles. The van der Waals surface area contributed by atoms with Crippen LogP contribution in [0, 0.1) is 0 Å². The second-order valence-corrected chi connectivity index (χ2v) is 15.7. The zero-order valence-corrected chi connectivity index (χ0v) is 31.5. The maximum absolute atomic E-state index is 6.85. The molecular formula is C53H35N3O. The molecule has 0 fully saturated rings. The van der Waals surface area contributed by atoms with Crippen LogP contribution in [0.4, 0.5) is 0 Å². The van der Waals surface area contributed by atoms with Crippen molar-refractivity contribution in [1.29, 1.82) is 0 Å². The molecule has 1 aliphatic carbocycles. The fraction of sp³-hybridized carbons (Fsp3) is 0.0566. The monoisotopic (exact) mass is 729 g/mol. The van der Waals surface area contributed by atoms with Crippen molar-refractivity contribution in [2.24, 2.45) is 0 Å². The maximum Gasteiger partial charge on any atom is 0.161 e. The molecule has 0 atom stereocenters. The van der Waals surface area contributed by atoms with Gasteiger partial charge in [0.15, 0.2) is 5.82 Å². The normalized spacial score (nSPS) is 13.2. The summed E-state index contributed by atoms with van der Waals surface area (Å²) in [5.41, 5.74) is 15.0. The molecule has 3 heterocycles. The lowest BCUT2D eigenvalue weighted by atomic mass is 9.82. The minimum absolute atomic E-state index is 0.135. The summed E-state index contributed by atoms with van der Waals surface area (Å²) in [6, 6.07) is 62.7. The van der Waals surface area contributed by atoms with Gasteiger partial charge in [-0.2, -0.15) is 0 Å². The van der Waals surface area contributed by atoms with Gasteiger partial charge in [-0.05, 0) is 76.2 Å². The molecule has 4 nitrogen and oxygen atoms in total. The van der Waals surface area contributed by atoms with Gasteiger partial charge in [0.1, 0.15) is 11.2 Å². The first-order valence-electron chi connectivity index (χ1n) is 19.6. The van der Waals surface area contributed by atoms with E-state index >= 15 is 0 Å². The number of benzene rings is 8. The highest BCUT2D eigenvalue weighted by atomic mass is 16.3. The minimum Gasteiger partial charge on any atom is -0.455 e. The molecule has 0 bridgehead atoms. The average Bonchev–Trinajstić information content (AvgIpc) is 3.89. The molecule has 268 valence electrons. The second kappa shape index (κ2) is 11.8. The summed E-state index contributed by atoms with van der Waals surface area (Å²) in [5, 5.41) is 6.63. The van der Waals surface area contributed by atoms with Crippen molar-refractivity contribution in [2.45, 2.75) is 19.3 Å². The van der Waals surface area contributed by atoms with Crippen LogP contribution in [-0.4, -0.2) is 14.5 Å². The lowest BCUT2D eigenvalue weighted by Gasteiger charge is -2.22. The molecule has 0 saturated carbocycles. The predicted molar refractivity (Wildman–Crippen MR) is 235 cm³/mol. The standard InChI is InChI=1S/C53H35N3O/c1-53(2)42-22-12-9-19-35(42)36-26-25-33(29-43(36)53)45-31-44(32-15-5-3-6-16-32)54-52(55-45)41-30-47-49(40-21-10-13-23-46(40)56(47)34-17-7-4-8-18-34)50-38(41)27-28-39-37-20-11-14-24-48(37)57-51(39)50/h3-31H,1-2H3. The van der Waals surface area contributed by atoms with Gasteiger partial charge in [-0.3, -0.25) is 0 Å². The van der Waals surface area contributed by atoms with Crippen molar-refractivity contribution >= 4 is 54.5 Å². The number of hydrogen-bond donors (Lipinski definition) is 0. The Morgan fingerprint density at radius 2 is 1.12 bits per heavy atom. The van der Waals surface area contributed by atoms with E-state index in [1.807, 2.05) is 6.07 Å². The molecule has 0 amide bonds. The van der Waals surface area contributed by atoms with Crippen molar-refractivity contribution in [3.8, 4) is 50.7 Å². The third-order valence-electron chi connectivity index (χ3n) is 12.2. The summed E-state index contributed by atoms with van der Waals surface area (Å²) in [5.74, 6) is 0.668.